The van der Waals surface area contributed by atoms with Crippen molar-refractivity contribution in [2.75, 3.05) is 11.4 Å². The van der Waals surface area contributed by atoms with Gasteiger partial charge < -0.3 is 9.47 Å². The topological polar surface area (TPSA) is 44.9 Å². The van der Waals surface area contributed by atoms with Crippen LogP contribution in [-0.4, -0.2) is 16.1 Å². The van der Waals surface area contributed by atoms with Gasteiger partial charge in [-0.25, -0.2) is 4.98 Å². The third-order valence-electron chi connectivity index (χ3n) is 6.57. The summed E-state index contributed by atoms with van der Waals surface area (Å²) in [5.74, 6) is 0. The van der Waals surface area contributed by atoms with E-state index in [4.69, 9.17) is 0 Å². The molecule has 0 aliphatic carbocycles. The van der Waals surface area contributed by atoms with Crippen molar-refractivity contribution < 1.29 is 0 Å². The van der Waals surface area contributed by atoms with Crippen LogP contribution in [0.5, 0.6) is 0 Å². The molecule has 5 aromatic rings. The number of aryl methyl sites for hydroxylation is 2. The van der Waals surface area contributed by atoms with Crippen LogP contribution in [0, 0.1) is 11.3 Å². The Morgan fingerprint density at radius 1 is 0.886 bits per heavy atom. The molecule has 0 saturated carbocycles. The van der Waals surface area contributed by atoms with Crippen LogP contribution >= 0.6 is 0 Å². The lowest BCUT2D eigenvalue weighted by atomic mass is 9.94. The minimum Gasteiger partial charge on any atom is -0.366 e. The van der Waals surface area contributed by atoms with Gasteiger partial charge in [-0.15, -0.1) is 0 Å². The molecule has 4 heteroatoms. The van der Waals surface area contributed by atoms with Crippen LogP contribution in [0.3, 0.4) is 0 Å². The molecule has 5 rings (SSSR count). The molecule has 4 nitrogen and oxygen atoms in total. The molecule has 0 amide bonds. The number of aromatic nitrogens is 2. The fraction of sp³-hybridized carbons (Fsp3) is 0.161. The van der Waals surface area contributed by atoms with E-state index in [9.17, 15) is 5.26 Å². The highest BCUT2D eigenvalue weighted by Gasteiger charge is 2.15. The number of fused-ring (bicyclic) bond motifs is 1. The zero-order chi connectivity index (χ0) is 24.0. The van der Waals surface area contributed by atoms with E-state index >= 15 is 0 Å². The maximum Gasteiger partial charge on any atom is 0.0998 e. The number of nitriles is 1. The third-order valence-corrected chi connectivity index (χ3v) is 6.57. The summed E-state index contributed by atoms with van der Waals surface area (Å²) in [5, 5.41) is 12.3. The molecule has 0 saturated heterocycles. The Balaban J connectivity index is 1.51. The molecule has 0 radical (unpaired) electrons. The van der Waals surface area contributed by atoms with Gasteiger partial charge in [-0.1, -0.05) is 72.8 Å². The zero-order valence-corrected chi connectivity index (χ0v) is 19.9. The van der Waals surface area contributed by atoms with Crippen LogP contribution in [-0.2, 0) is 20.0 Å². The molecule has 0 fully saturated rings. The fourth-order valence-corrected chi connectivity index (χ4v) is 4.66. The Bertz CT molecular complexity index is 1470. The Labute approximate surface area is 206 Å². The van der Waals surface area contributed by atoms with Gasteiger partial charge in [0.2, 0.25) is 0 Å². The number of rotatable bonds is 8. The smallest absolute Gasteiger partial charge is 0.0998 e. The SMILES string of the molecule is Cn1cncc1CN(CCCc1ccccc1)c1ccc(C#N)c(-c2cccc3ccccc23)c1. The normalized spacial score (nSPS) is 10.9. The summed E-state index contributed by atoms with van der Waals surface area (Å²) in [6.07, 6.45) is 5.83. The van der Waals surface area contributed by atoms with Crippen molar-refractivity contribution in [1.29, 1.82) is 5.26 Å². The second kappa shape index (κ2) is 10.3. The van der Waals surface area contributed by atoms with Crippen molar-refractivity contribution in [3.05, 3.63) is 120 Å². The van der Waals surface area contributed by atoms with Crippen LogP contribution in [0.15, 0.2) is 104 Å². The molecule has 1 aromatic heterocycles. The van der Waals surface area contributed by atoms with E-state index in [1.54, 1.807) is 0 Å². The lowest BCUT2D eigenvalue weighted by Crippen LogP contribution is -2.25. The largest absolute Gasteiger partial charge is 0.366 e. The first kappa shape index (κ1) is 22.4. The van der Waals surface area contributed by atoms with E-state index in [-0.39, 0.29) is 0 Å². The summed E-state index contributed by atoms with van der Waals surface area (Å²) in [6, 6.07) is 33.9. The lowest BCUT2D eigenvalue weighted by Gasteiger charge is -2.26. The van der Waals surface area contributed by atoms with Crippen LogP contribution in [0.1, 0.15) is 23.2 Å². The number of hydrogen-bond acceptors (Lipinski definition) is 3. The zero-order valence-electron chi connectivity index (χ0n) is 19.9. The molecule has 4 aromatic carbocycles. The summed E-state index contributed by atoms with van der Waals surface area (Å²) < 4.78 is 2.07. The molecule has 0 bridgehead atoms. The lowest BCUT2D eigenvalue weighted by molar-refractivity contribution is 0.698. The highest BCUT2D eigenvalue weighted by Crippen LogP contribution is 2.34. The van der Waals surface area contributed by atoms with Crippen LogP contribution < -0.4 is 4.90 Å². The number of imidazole rings is 1. The van der Waals surface area contributed by atoms with Crippen molar-refractivity contribution in [3.63, 3.8) is 0 Å². The second-order valence-electron chi connectivity index (χ2n) is 8.87. The summed E-state index contributed by atoms with van der Waals surface area (Å²) in [6.45, 7) is 1.66. The van der Waals surface area contributed by atoms with Crippen molar-refractivity contribution >= 4 is 16.5 Å². The van der Waals surface area contributed by atoms with Crippen LogP contribution in [0.4, 0.5) is 5.69 Å². The molecule has 1 heterocycles. The van der Waals surface area contributed by atoms with Gasteiger partial charge in [0, 0.05) is 31.0 Å². The van der Waals surface area contributed by atoms with Gasteiger partial charge in [-0.05, 0) is 52.9 Å². The Kier molecular flexibility index (Phi) is 6.59. The van der Waals surface area contributed by atoms with Gasteiger partial charge in [-0.3, -0.25) is 0 Å². The first-order valence-electron chi connectivity index (χ1n) is 12.0. The van der Waals surface area contributed by atoms with E-state index in [2.05, 4.69) is 105 Å². The number of nitrogens with zero attached hydrogens (tertiary/aromatic N) is 4. The first-order valence-corrected chi connectivity index (χ1v) is 12.0. The molecular weight excluding hydrogens is 428 g/mol. The fourth-order valence-electron chi connectivity index (χ4n) is 4.66. The molecule has 0 atom stereocenters. The summed E-state index contributed by atoms with van der Waals surface area (Å²) >= 11 is 0. The summed E-state index contributed by atoms with van der Waals surface area (Å²) in [7, 11) is 2.03. The van der Waals surface area contributed by atoms with Crippen molar-refractivity contribution in [1.82, 2.24) is 9.55 Å². The summed E-state index contributed by atoms with van der Waals surface area (Å²) in [5.41, 5.74) is 6.37. The molecule has 0 N–H and O–H groups in total. The second-order valence-corrected chi connectivity index (χ2v) is 8.87. The van der Waals surface area contributed by atoms with Gasteiger partial charge in [0.25, 0.3) is 0 Å². The Morgan fingerprint density at radius 2 is 1.69 bits per heavy atom. The molecule has 0 unspecified atom stereocenters. The maximum atomic E-state index is 9.92. The quantitative estimate of drug-likeness (QED) is 0.259. The number of anilines is 1. The molecular formula is C31H28N4. The predicted molar refractivity (Wildman–Crippen MR) is 143 cm³/mol. The van der Waals surface area contributed by atoms with Crippen LogP contribution in [0.2, 0.25) is 0 Å². The van der Waals surface area contributed by atoms with Crippen molar-refractivity contribution in [2.24, 2.45) is 7.05 Å². The van der Waals surface area contributed by atoms with Gasteiger partial charge in [-0.2, -0.15) is 5.26 Å². The van der Waals surface area contributed by atoms with Gasteiger partial charge in [0.15, 0.2) is 0 Å². The van der Waals surface area contributed by atoms with Crippen molar-refractivity contribution in [2.45, 2.75) is 19.4 Å². The molecule has 0 aliphatic rings. The third kappa shape index (κ3) is 4.95. The minimum atomic E-state index is 0.690. The van der Waals surface area contributed by atoms with E-state index in [1.165, 1.54) is 10.9 Å². The average Bonchev–Trinajstić information content (AvgIpc) is 3.32. The maximum absolute atomic E-state index is 9.92. The highest BCUT2D eigenvalue weighted by molar-refractivity contribution is 5.98. The predicted octanol–water partition coefficient (Wildman–Crippen LogP) is 6.75. The monoisotopic (exact) mass is 456 g/mol. The Morgan fingerprint density at radius 3 is 2.49 bits per heavy atom. The molecule has 172 valence electrons. The number of benzene rings is 4. The average molecular weight is 457 g/mol. The van der Waals surface area contributed by atoms with E-state index in [0.717, 1.165) is 53.8 Å². The highest BCUT2D eigenvalue weighted by atomic mass is 15.2. The minimum absolute atomic E-state index is 0.690. The molecule has 0 aliphatic heterocycles. The van der Waals surface area contributed by atoms with Crippen LogP contribution in [0.25, 0.3) is 21.9 Å². The summed E-state index contributed by atoms with van der Waals surface area (Å²) in [4.78, 5) is 6.71. The molecule has 35 heavy (non-hydrogen) atoms. The first-order chi connectivity index (χ1) is 17.2. The van der Waals surface area contributed by atoms with Gasteiger partial charge >= 0.3 is 0 Å². The van der Waals surface area contributed by atoms with Gasteiger partial charge in [0.1, 0.15) is 0 Å². The Hall–Kier alpha value is -4.36. The van der Waals surface area contributed by atoms with E-state index in [0.29, 0.717) is 5.56 Å². The van der Waals surface area contributed by atoms with Gasteiger partial charge in [0.05, 0.1) is 30.2 Å². The van der Waals surface area contributed by atoms with Crippen molar-refractivity contribution in [3.8, 4) is 17.2 Å². The van der Waals surface area contributed by atoms with E-state index < -0.39 is 0 Å². The molecule has 0 spiro atoms. The number of hydrogen-bond donors (Lipinski definition) is 0. The standard InChI is InChI=1S/C31H28N4/c1-34-23-33-21-28(34)22-35(18-8-11-24-9-3-2-4-10-24)27-17-16-26(20-32)31(19-27)30-15-7-13-25-12-5-6-14-29(25)30/h2-7,9-10,12-17,19,21,23H,8,11,18,22H2,1H3. The van der Waals surface area contributed by atoms with E-state index in [1.807, 2.05) is 25.6 Å².